The van der Waals surface area contributed by atoms with Gasteiger partial charge in [-0.05, 0) is 58.2 Å². The first-order chi connectivity index (χ1) is 8.56. The number of aryl methyl sites for hydroxylation is 1. The maximum absolute atomic E-state index is 3.55. The molecule has 0 saturated heterocycles. The van der Waals surface area contributed by atoms with Crippen molar-refractivity contribution in [3.8, 4) is 0 Å². The molecule has 4 heteroatoms. The van der Waals surface area contributed by atoms with Crippen LogP contribution < -0.4 is 5.32 Å². The molecule has 0 aromatic heterocycles. The zero-order valence-corrected chi connectivity index (χ0v) is 14.6. The number of benzene rings is 2. The second-order valence-electron chi connectivity index (χ2n) is 4.06. The molecule has 0 amide bonds. The van der Waals surface area contributed by atoms with Gasteiger partial charge < -0.3 is 5.32 Å². The molecule has 2 aromatic carbocycles. The first-order valence-electron chi connectivity index (χ1n) is 5.50. The Hall–Kier alpha value is -0.320. The third-order valence-corrected chi connectivity index (χ3v) is 4.68. The van der Waals surface area contributed by atoms with Gasteiger partial charge in [-0.3, -0.25) is 0 Å². The lowest BCUT2D eigenvalue weighted by Gasteiger charge is -2.10. The standard InChI is InChI=1S/C14H12Br3N/c1-9-6-10(2-4-12(9)16)8-18-14-5-3-11(15)7-13(14)17/h2-7,18H,8H2,1H3. The van der Waals surface area contributed by atoms with Crippen molar-refractivity contribution >= 4 is 53.5 Å². The monoisotopic (exact) mass is 431 g/mol. The average molecular weight is 434 g/mol. The van der Waals surface area contributed by atoms with Crippen molar-refractivity contribution in [1.82, 2.24) is 0 Å². The normalized spacial score (nSPS) is 10.4. The number of nitrogens with one attached hydrogen (secondary N) is 1. The fourth-order valence-corrected chi connectivity index (χ4v) is 3.08. The van der Waals surface area contributed by atoms with Crippen LogP contribution in [0, 0.1) is 6.92 Å². The Morgan fingerprint density at radius 3 is 2.39 bits per heavy atom. The molecule has 2 rings (SSSR count). The Labute approximate surface area is 132 Å². The van der Waals surface area contributed by atoms with E-state index in [0.717, 1.165) is 25.7 Å². The summed E-state index contributed by atoms with van der Waals surface area (Å²) in [6, 6.07) is 12.5. The summed E-state index contributed by atoms with van der Waals surface area (Å²) in [5, 5.41) is 3.42. The number of anilines is 1. The van der Waals surface area contributed by atoms with Crippen LogP contribution in [0.4, 0.5) is 5.69 Å². The molecule has 1 nitrogen and oxygen atoms in total. The topological polar surface area (TPSA) is 12.0 Å². The van der Waals surface area contributed by atoms with Crippen LogP contribution in [0.25, 0.3) is 0 Å². The van der Waals surface area contributed by atoms with Gasteiger partial charge in [-0.2, -0.15) is 0 Å². The minimum Gasteiger partial charge on any atom is -0.380 e. The summed E-state index contributed by atoms with van der Waals surface area (Å²) < 4.78 is 3.28. The third-order valence-electron chi connectivity index (χ3n) is 2.64. The molecule has 0 saturated carbocycles. The van der Waals surface area contributed by atoms with Crippen LogP contribution in [0.2, 0.25) is 0 Å². The summed E-state index contributed by atoms with van der Waals surface area (Å²) in [4.78, 5) is 0. The summed E-state index contributed by atoms with van der Waals surface area (Å²) >= 11 is 10.5. The summed E-state index contributed by atoms with van der Waals surface area (Å²) in [5.74, 6) is 0. The van der Waals surface area contributed by atoms with Gasteiger partial charge in [-0.15, -0.1) is 0 Å². The highest BCUT2D eigenvalue weighted by atomic mass is 79.9. The molecule has 0 atom stereocenters. The lowest BCUT2D eigenvalue weighted by atomic mass is 10.1. The minimum atomic E-state index is 0.814. The van der Waals surface area contributed by atoms with Gasteiger partial charge >= 0.3 is 0 Å². The molecular formula is C14H12Br3N. The van der Waals surface area contributed by atoms with E-state index >= 15 is 0 Å². The van der Waals surface area contributed by atoms with E-state index in [0.29, 0.717) is 0 Å². The Morgan fingerprint density at radius 2 is 1.72 bits per heavy atom. The predicted octanol–water partition coefficient (Wildman–Crippen LogP) is 5.89. The van der Waals surface area contributed by atoms with E-state index in [-0.39, 0.29) is 0 Å². The number of rotatable bonds is 3. The molecule has 2 aromatic rings. The van der Waals surface area contributed by atoms with Crippen LogP contribution >= 0.6 is 47.8 Å². The van der Waals surface area contributed by atoms with Crippen molar-refractivity contribution in [2.24, 2.45) is 0 Å². The van der Waals surface area contributed by atoms with Crippen molar-refractivity contribution < 1.29 is 0 Å². The maximum Gasteiger partial charge on any atom is 0.0488 e. The van der Waals surface area contributed by atoms with E-state index in [4.69, 9.17) is 0 Å². The third kappa shape index (κ3) is 3.59. The molecule has 1 N–H and O–H groups in total. The van der Waals surface area contributed by atoms with E-state index in [1.807, 2.05) is 12.1 Å². The zero-order valence-electron chi connectivity index (χ0n) is 9.81. The molecule has 94 valence electrons. The van der Waals surface area contributed by atoms with Crippen LogP contribution in [0.1, 0.15) is 11.1 Å². The van der Waals surface area contributed by atoms with E-state index < -0.39 is 0 Å². The molecule has 0 radical (unpaired) electrons. The Bertz CT molecular complexity index is 567. The van der Waals surface area contributed by atoms with Crippen LogP contribution in [0.5, 0.6) is 0 Å². The molecule has 0 aliphatic carbocycles. The first-order valence-corrected chi connectivity index (χ1v) is 7.88. The lowest BCUT2D eigenvalue weighted by molar-refractivity contribution is 1.13. The van der Waals surface area contributed by atoms with Gasteiger partial charge in [0, 0.05) is 25.7 Å². The number of hydrogen-bond donors (Lipinski definition) is 1. The van der Waals surface area contributed by atoms with Crippen LogP contribution in [0.15, 0.2) is 49.8 Å². The molecule has 18 heavy (non-hydrogen) atoms. The van der Waals surface area contributed by atoms with Crippen molar-refractivity contribution in [2.75, 3.05) is 5.32 Å². The van der Waals surface area contributed by atoms with Gasteiger partial charge in [0.05, 0.1) is 0 Å². The molecule has 0 heterocycles. The Kier molecular flexibility index (Phi) is 4.87. The first kappa shape index (κ1) is 14.1. The highest BCUT2D eigenvalue weighted by molar-refractivity contribution is 9.11. The SMILES string of the molecule is Cc1cc(CNc2ccc(Br)cc2Br)ccc1Br. The molecule has 0 aliphatic heterocycles. The predicted molar refractivity (Wildman–Crippen MR) is 88.0 cm³/mol. The van der Waals surface area contributed by atoms with E-state index in [1.165, 1.54) is 11.1 Å². The quantitative estimate of drug-likeness (QED) is 0.635. The molecular weight excluding hydrogens is 422 g/mol. The zero-order chi connectivity index (χ0) is 13.1. The highest BCUT2D eigenvalue weighted by Gasteiger charge is 2.01. The van der Waals surface area contributed by atoms with E-state index in [9.17, 15) is 0 Å². The second kappa shape index (κ2) is 6.22. The second-order valence-corrected chi connectivity index (χ2v) is 6.69. The molecule has 0 fully saturated rings. The van der Waals surface area contributed by atoms with Gasteiger partial charge in [-0.1, -0.05) is 44.0 Å². The molecule has 0 unspecified atom stereocenters. The minimum absolute atomic E-state index is 0.814. The smallest absolute Gasteiger partial charge is 0.0488 e. The maximum atomic E-state index is 3.55. The van der Waals surface area contributed by atoms with Crippen LogP contribution in [0.3, 0.4) is 0 Å². The van der Waals surface area contributed by atoms with Gasteiger partial charge in [0.15, 0.2) is 0 Å². The number of halogens is 3. The lowest BCUT2D eigenvalue weighted by Crippen LogP contribution is -2.00. The van der Waals surface area contributed by atoms with Crippen LogP contribution in [-0.4, -0.2) is 0 Å². The molecule has 0 spiro atoms. The van der Waals surface area contributed by atoms with Gasteiger partial charge in [0.2, 0.25) is 0 Å². The van der Waals surface area contributed by atoms with Gasteiger partial charge in [-0.25, -0.2) is 0 Å². The fourth-order valence-electron chi connectivity index (χ4n) is 1.65. The van der Waals surface area contributed by atoms with Crippen LogP contribution in [-0.2, 0) is 6.54 Å². The summed E-state index contributed by atoms with van der Waals surface area (Å²) in [5.41, 5.74) is 3.62. The van der Waals surface area contributed by atoms with E-state index in [2.05, 4.69) is 84.3 Å². The highest BCUT2D eigenvalue weighted by Crippen LogP contribution is 2.26. The summed E-state index contributed by atoms with van der Waals surface area (Å²) in [6.07, 6.45) is 0. The molecule has 0 aliphatic rings. The van der Waals surface area contributed by atoms with Crippen molar-refractivity contribution in [3.63, 3.8) is 0 Å². The largest absolute Gasteiger partial charge is 0.380 e. The van der Waals surface area contributed by atoms with Crippen molar-refractivity contribution in [3.05, 3.63) is 60.9 Å². The van der Waals surface area contributed by atoms with E-state index in [1.54, 1.807) is 0 Å². The Balaban J connectivity index is 2.09. The summed E-state index contributed by atoms with van der Waals surface area (Å²) in [6.45, 7) is 2.91. The van der Waals surface area contributed by atoms with Gasteiger partial charge in [0.1, 0.15) is 0 Å². The average Bonchev–Trinajstić information content (AvgIpc) is 2.32. The number of hydrogen-bond acceptors (Lipinski definition) is 1. The van der Waals surface area contributed by atoms with Crippen molar-refractivity contribution in [2.45, 2.75) is 13.5 Å². The molecule has 0 bridgehead atoms. The Morgan fingerprint density at radius 1 is 0.944 bits per heavy atom. The van der Waals surface area contributed by atoms with Crippen molar-refractivity contribution in [1.29, 1.82) is 0 Å². The summed E-state index contributed by atoms with van der Waals surface area (Å²) in [7, 11) is 0. The fraction of sp³-hybridized carbons (Fsp3) is 0.143. The van der Waals surface area contributed by atoms with Gasteiger partial charge in [0.25, 0.3) is 0 Å².